The van der Waals surface area contributed by atoms with E-state index in [9.17, 15) is 0 Å². The molecule has 0 unspecified atom stereocenters. The number of hydrogen-bond donors (Lipinski definition) is 0. The summed E-state index contributed by atoms with van der Waals surface area (Å²) in [6, 6.07) is 25.6. The van der Waals surface area contributed by atoms with E-state index in [4.69, 9.17) is 4.98 Å². The van der Waals surface area contributed by atoms with Gasteiger partial charge >= 0.3 is 22.4 Å². The third-order valence-electron chi connectivity index (χ3n) is 4.66. The Bertz CT molecular complexity index is 813. The summed E-state index contributed by atoms with van der Waals surface area (Å²) in [5.74, 6) is 0. The molecule has 0 bridgehead atoms. The van der Waals surface area contributed by atoms with Crippen LogP contribution in [0.5, 0.6) is 0 Å². The van der Waals surface area contributed by atoms with Gasteiger partial charge in [0.25, 0.3) is 0 Å². The first-order chi connectivity index (χ1) is 12.1. The normalized spacial score (nSPS) is 11.4. The van der Waals surface area contributed by atoms with Crippen LogP contribution in [0, 0.1) is 12.1 Å². The molecule has 3 aromatic rings. The monoisotopic (exact) mass is 557 g/mol. The van der Waals surface area contributed by atoms with E-state index in [-0.39, 0.29) is 38.7 Å². The summed E-state index contributed by atoms with van der Waals surface area (Å²) in [6.07, 6.45) is 0. The minimum absolute atomic E-state index is 0. The van der Waals surface area contributed by atoms with Gasteiger partial charge in [-0.05, 0) is 22.2 Å². The zero-order valence-corrected chi connectivity index (χ0v) is 19.6. The molecule has 1 heterocycles. The van der Waals surface area contributed by atoms with Crippen LogP contribution in [0.1, 0.15) is 52.7 Å². The van der Waals surface area contributed by atoms with Crippen molar-refractivity contribution in [3.8, 4) is 22.5 Å². The zero-order valence-electron chi connectivity index (χ0n) is 17.4. The van der Waals surface area contributed by atoms with Crippen molar-refractivity contribution in [3.63, 3.8) is 0 Å². The fourth-order valence-corrected chi connectivity index (χ4v) is 2.84. The van der Waals surface area contributed by atoms with Crippen molar-refractivity contribution in [2.24, 2.45) is 0 Å². The van der Waals surface area contributed by atoms with E-state index in [0.29, 0.717) is 0 Å². The van der Waals surface area contributed by atoms with Gasteiger partial charge in [0.1, 0.15) is 0 Å². The van der Waals surface area contributed by atoms with E-state index >= 15 is 0 Å². The smallest absolute Gasteiger partial charge is 0.870 e. The maximum absolute atomic E-state index is 4.83. The van der Waals surface area contributed by atoms with Gasteiger partial charge in [0.2, 0.25) is 0 Å². The number of hydrogen-bond acceptors (Lipinski definition) is 2. The number of pyridine rings is 1. The largest absolute Gasteiger partial charge is 3.00 e. The SMILES string of the molecule is CC(C)(C)c1c[c-]c(-c2cccc(-c3[c-]cc(C(C)(C)C)cc3)n2)cc1.[18OH-].[Au+3]. The standard InChI is InChI=1S/C25H27N.Au.H2O/c1-24(2,3)20-14-10-18(11-15-20)22-8-7-9-23(26-22)19-12-16-21(17-13-19)25(4,5)6;;/h7-10,12,14-17H,1-6H3;;1H2/q-2;+3;/p-1/i;;1+2. The Kier molecular flexibility index (Phi) is 7.99. The fraction of sp³-hybridized carbons (Fsp3) is 0.320. The van der Waals surface area contributed by atoms with Crippen molar-refractivity contribution in [2.75, 3.05) is 0 Å². The average Bonchev–Trinajstić information content (AvgIpc) is 2.61. The van der Waals surface area contributed by atoms with Gasteiger partial charge in [-0.3, -0.25) is 0 Å². The Labute approximate surface area is 185 Å². The molecule has 0 aliphatic rings. The van der Waals surface area contributed by atoms with Gasteiger partial charge in [0.05, 0.1) is 0 Å². The molecule has 0 fully saturated rings. The first-order valence-corrected chi connectivity index (χ1v) is 9.17. The molecule has 1 N–H and O–H groups in total. The Morgan fingerprint density at radius 3 is 1.32 bits per heavy atom. The summed E-state index contributed by atoms with van der Waals surface area (Å²) >= 11 is 0. The molecule has 0 amide bonds. The molecule has 2 aromatic carbocycles. The summed E-state index contributed by atoms with van der Waals surface area (Å²) in [7, 11) is 0. The third kappa shape index (κ3) is 5.65. The maximum Gasteiger partial charge on any atom is 3.00 e. The topological polar surface area (TPSA) is 42.9 Å². The second kappa shape index (κ2) is 9.19. The molecule has 0 radical (unpaired) electrons. The van der Waals surface area contributed by atoms with Gasteiger partial charge in [0.15, 0.2) is 0 Å². The molecule has 150 valence electrons. The molecule has 0 saturated carbocycles. The van der Waals surface area contributed by atoms with Crippen molar-refractivity contribution in [1.29, 1.82) is 0 Å². The van der Waals surface area contributed by atoms with Gasteiger partial charge < -0.3 is 10.5 Å². The molecular formula is C25H28AuNO. The number of rotatable bonds is 2. The zero-order chi connectivity index (χ0) is 18.9. The van der Waals surface area contributed by atoms with Crippen LogP contribution in [-0.2, 0) is 33.2 Å². The molecule has 3 heteroatoms. The van der Waals surface area contributed by atoms with Gasteiger partial charge in [-0.25, -0.2) is 0 Å². The van der Waals surface area contributed by atoms with Crippen molar-refractivity contribution in [3.05, 3.63) is 77.9 Å². The molecule has 0 spiro atoms. The minimum atomic E-state index is 0. The fourth-order valence-electron chi connectivity index (χ4n) is 2.84. The molecule has 2 nitrogen and oxygen atoms in total. The van der Waals surface area contributed by atoms with Gasteiger partial charge in [-0.1, -0.05) is 59.7 Å². The van der Waals surface area contributed by atoms with Crippen molar-refractivity contribution in [2.45, 2.75) is 52.4 Å². The Morgan fingerprint density at radius 2 is 1.04 bits per heavy atom. The van der Waals surface area contributed by atoms with Crippen LogP contribution in [0.2, 0.25) is 0 Å². The molecule has 1 aromatic heterocycles. The summed E-state index contributed by atoms with van der Waals surface area (Å²) in [5.41, 5.74) is 6.75. The van der Waals surface area contributed by atoms with Crippen LogP contribution in [0.4, 0.5) is 0 Å². The maximum atomic E-state index is 4.83. The van der Waals surface area contributed by atoms with Crippen LogP contribution in [-0.4, -0.2) is 10.5 Å². The Balaban J connectivity index is 0.00000196. The number of nitrogens with zero attached hydrogens (tertiary/aromatic N) is 1. The molecule has 0 saturated heterocycles. The molecular weight excluding hydrogens is 529 g/mol. The van der Waals surface area contributed by atoms with Crippen LogP contribution >= 0.6 is 0 Å². The van der Waals surface area contributed by atoms with Gasteiger partial charge in [0, 0.05) is 0 Å². The predicted molar refractivity (Wildman–Crippen MR) is 112 cm³/mol. The first kappa shape index (κ1) is 24.3. The number of benzene rings is 2. The summed E-state index contributed by atoms with van der Waals surface area (Å²) in [6.45, 7) is 13.3. The molecule has 0 aliphatic carbocycles. The minimum Gasteiger partial charge on any atom is -0.870 e. The van der Waals surface area contributed by atoms with Crippen molar-refractivity contribution >= 4 is 0 Å². The second-order valence-electron chi connectivity index (χ2n) is 8.89. The Morgan fingerprint density at radius 1 is 0.643 bits per heavy atom. The van der Waals surface area contributed by atoms with Gasteiger partial charge in [-0.15, -0.1) is 70.8 Å². The quantitative estimate of drug-likeness (QED) is 0.207. The predicted octanol–water partition coefficient (Wildman–Crippen LogP) is 6.43. The van der Waals surface area contributed by atoms with Crippen LogP contribution < -0.4 is 0 Å². The molecule has 28 heavy (non-hydrogen) atoms. The third-order valence-corrected chi connectivity index (χ3v) is 4.66. The van der Waals surface area contributed by atoms with Crippen molar-refractivity contribution < 1.29 is 27.9 Å². The van der Waals surface area contributed by atoms with Crippen LogP contribution in [0.3, 0.4) is 0 Å². The van der Waals surface area contributed by atoms with E-state index in [1.165, 1.54) is 11.1 Å². The first-order valence-electron chi connectivity index (χ1n) is 9.17. The molecule has 3 rings (SSSR count). The van der Waals surface area contributed by atoms with E-state index < -0.39 is 0 Å². The average molecular weight is 557 g/mol. The Hall–Kier alpha value is -1.71. The summed E-state index contributed by atoms with van der Waals surface area (Å²) in [4.78, 5) is 4.83. The van der Waals surface area contributed by atoms with Crippen LogP contribution in [0.25, 0.3) is 22.5 Å². The van der Waals surface area contributed by atoms with E-state index in [2.05, 4.69) is 96.1 Å². The number of aromatic nitrogens is 1. The second-order valence-corrected chi connectivity index (χ2v) is 8.89. The molecule has 0 aliphatic heterocycles. The van der Waals surface area contributed by atoms with E-state index in [1.54, 1.807) is 0 Å². The van der Waals surface area contributed by atoms with E-state index in [0.717, 1.165) is 22.5 Å². The summed E-state index contributed by atoms with van der Waals surface area (Å²) < 4.78 is 0. The summed E-state index contributed by atoms with van der Waals surface area (Å²) in [5, 5.41) is 0. The van der Waals surface area contributed by atoms with Gasteiger partial charge in [-0.2, -0.15) is 0 Å². The molecule has 0 atom stereocenters. The van der Waals surface area contributed by atoms with Crippen LogP contribution in [0.15, 0.2) is 54.6 Å². The van der Waals surface area contributed by atoms with Crippen molar-refractivity contribution in [1.82, 2.24) is 4.98 Å². The van der Waals surface area contributed by atoms with E-state index in [1.807, 2.05) is 12.1 Å².